The van der Waals surface area contributed by atoms with Crippen molar-refractivity contribution in [1.29, 1.82) is 0 Å². The molecule has 1 atom stereocenters. The number of unbranched alkanes of at least 4 members (excludes halogenated alkanes) is 12. The standard InChI is InChI=1S/C80H102/c1-10-13-15-17-19-25-47-80(48-26-20-18-16-14-11-2)75-54-64(58(6)7)40-44-70(75)72-46-42-68(56-77(72)80)78(8,9)73(12-3)67-41-45-71-69-43-39-63(57(4)5)53-74(69)79(76(71)55-67,49-27-21-23-29-59-31-33-61-35-37-65(61)51-59)50-28-22-24-30-60-32-34-62-36-38-66(62)52-60/h10-11,31-34,39-46,51-58,73H,1-2,12-30,35-38,47-50H2,3-9H3. The largest absolute Gasteiger partial charge is 0.103 e. The van der Waals surface area contributed by atoms with E-state index in [2.05, 4.69) is 183 Å². The highest BCUT2D eigenvalue weighted by Crippen LogP contribution is 2.58. The SMILES string of the molecule is C=CCCCCCCC1(CCCCCCC=C)c2cc(C(C)C)ccc2-c2ccc(C(C)(C)C(CC)c3ccc4c(c3)C(CCCCCc3ccc5c(c3)CC5)(CCCCCc3ccc5c(c3)CC5)c3cc(C(C)C)ccc3-4)cc21. The molecule has 4 aliphatic rings. The monoisotopic (exact) mass is 1060 g/mol. The molecule has 6 aromatic rings. The van der Waals surface area contributed by atoms with Gasteiger partial charge in [-0.05, 0) is 232 Å². The molecule has 0 aromatic heterocycles. The van der Waals surface area contributed by atoms with Crippen LogP contribution in [0.25, 0.3) is 22.3 Å². The summed E-state index contributed by atoms with van der Waals surface area (Å²) in [6, 6.07) is 45.9. The Bertz CT molecular complexity index is 3000. The topological polar surface area (TPSA) is 0 Å². The van der Waals surface area contributed by atoms with Gasteiger partial charge >= 0.3 is 0 Å². The van der Waals surface area contributed by atoms with Crippen LogP contribution in [0.2, 0.25) is 0 Å². The Balaban J connectivity index is 0.990. The number of hydrogen-bond acceptors (Lipinski definition) is 0. The molecule has 0 aliphatic heterocycles. The first kappa shape index (κ1) is 58.0. The molecule has 0 fully saturated rings. The van der Waals surface area contributed by atoms with Gasteiger partial charge in [0.1, 0.15) is 0 Å². The smallest absolute Gasteiger partial charge is 0.0215 e. The van der Waals surface area contributed by atoms with Crippen LogP contribution in [0, 0.1) is 0 Å². The molecule has 0 N–H and O–H groups in total. The highest BCUT2D eigenvalue weighted by molar-refractivity contribution is 5.83. The molecule has 4 aliphatic carbocycles. The van der Waals surface area contributed by atoms with E-state index in [9.17, 15) is 0 Å². The number of hydrogen-bond donors (Lipinski definition) is 0. The normalized spacial score (nSPS) is 15.4. The van der Waals surface area contributed by atoms with Crippen molar-refractivity contribution in [2.75, 3.05) is 0 Å². The lowest BCUT2D eigenvalue weighted by Crippen LogP contribution is -2.30. The molecule has 0 saturated heterocycles. The molecular weight excluding hydrogens is 961 g/mol. The first-order chi connectivity index (χ1) is 38.9. The molecule has 6 aromatic carbocycles. The van der Waals surface area contributed by atoms with Crippen LogP contribution in [-0.4, -0.2) is 0 Å². The van der Waals surface area contributed by atoms with Crippen molar-refractivity contribution in [2.45, 2.75) is 256 Å². The van der Waals surface area contributed by atoms with E-state index >= 15 is 0 Å². The molecule has 0 spiro atoms. The van der Waals surface area contributed by atoms with Gasteiger partial charge < -0.3 is 0 Å². The molecule has 0 bridgehead atoms. The van der Waals surface area contributed by atoms with E-state index in [4.69, 9.17) is 0 Å². The third-order valence-electron chi connectivity index (χ3n) is 21.1. The molecule has 0 heterocycles. The lowest BCUT2D eigenvalue weighted by Gasteiger charge is -2.38. The van der Waals surface area contributed by atoms with Gasteiger partial charge in [0, 0.05) is 10.8 Å². The Hall–Kier alpha value is -5.20. The van der Waals surface area contributed by atoms with Gasteiger partial charge in [0.05, 0.1) is 0 Å². The minimum Gasteiger partial charge on any atom is -0.103 e. The van der Waals surface area contributed by atoms with E-state index in [1.54, 1.807) is 55.6 Å². The van der Waals surface area contributed by atoms with Gasteiger partial charge in [-0.1, -0.05) is 234 Å². The van der Waals surface area contributed by atoms with Gasteiger partial charge in [0.25, 0.3) is 0 Å². The Morgan fingerprint density at radius 3 is 1.18 bits per heavy atom. The van der Waals surface area contributed by atoms with Crippen LogP contribution in [0.5, 0.6) is 0 Å². The van der Waals surface area contributed by atoms with Gasteiger partial charge in [0.15, 0.2) is 0 Å². The average molecular weight is 1060 g/mol. The number of benzene rings is 6. The van der Waals surface area contributed by atoms with Crippen molar-refractivity contribution in [1.82, 2.24) is 0 Å². The quantitative estimate of drug-likeness (QED) is 0.0292. The van der Waals surface area contributed by atoms with Crippen LogP contribution < -0.4 is 0 Å². The predicted octanol–water partition coefficient (Wildman–Crippen LogP) is 22.8. The summed E-state index contributed by atoms with van der Waals surface area (Å²) in [5.74, 6) is 1.36. The van der Waals surface area contributed by atoms with E-state index in [1.807, 2.05) is 0 Å². The van der Waals surface area contributed by atoms with Crippen molar-refractivity contribution >= 4 is 0 Å². The molecule has 0 amide bonds. The average Bonchev–Trinajstić information content (AvgIpc) is 4.11. The van der Waals surface area contributed by atoms with Crippen molar-refractivity contribution in [3.63, 3.8) is 0 Å². The third-order valence-corrected chi connectivity index (χ3v) is 21.1. The minimum atomic E-state index is -0.0903. The van der Waals surface area contributed by atoms with Crippen molar-refractivity contribution in [3.8, 4) is 22.3 Å². The van der Waals surface area contributed by atoms with Crippen LogP contribution in [0.4, 0.5) is 0 Å². The third kappa shape index (κ3) is 12.0. The van der Waals surface area contributed by atoms with Gasteiger partial charge in [-0.25, -0.2) is 0 Å². The lowest BCUT2D eigenvalue weighted by atomic mass is 9.65. The van der Waals surface area contributed by atoms with Gasteiger partial charge in [-0.2, -0.15) is 0 Å². The molecule has 0 nitrogen and oxygen atoms in total. The highest BCUT2D eigenvalue weighted by atomic mass is 14.5. The second-order valence-electron chi connectivity index (χ2n) is 27.1. The van der Waals surface area contributed by atoms with Crippen LogP contribution in [0.1, 0.15) is 279 Å². The molecule has 0 heteroatoms. The van der Waals surface area contributed by atoms with Crippen molar-refractivity contribution < 1.29 is 0 Å². The first-order valence-corrected chi connectivity index (χ1v) is 32.9. The second kappa shape index (κ2) is 25.9. The summed E-state index contributed by atoms with van der Waals surface area (Å²) in [4.78, 5) is 0. The molecule has 0 saturated carbocycles. The Kier molecular flexibility index (Phi) is 18.8. The van der Waals surface area contributed by atoms with E-state index in [-0.39, 0.29) is 16.2 Å². The number of fused-ring (bicyclic) bond motifs is 8. The summed E-state index contributed by atoms with van der Waals surface area (Å²) in [5, 5.41) is 0. The summed E-state index contributed by atoms with van der Waals surface area (Å²) >= 11 is 0. The molecular formula is C80H102. The molecule has 422 valence electrons. The summed E-state index contributed by atoms with van der Waals surface area (Å²) in [7, 11) is 0. The van der Waals surface area contributed by atoms with Crippen LogP contribution >= 0.6 is 0 Å². The Morgan fingerprint density at radius 2 is 0.787 bits per heavy atom. The number of rotatable bonds is 32. The first-order valence-electron chi connectivity index (χ1n) is 32.9. The maximum absolute atomic E-state index is 4.04. The maximum Gasteiger partial charge on any atom is 0.0215 e. The molecule has 10 rings (SSSR count). The number of aryl methyl sites for hydroxylation is 6. The maximum atomic E-state index is 4.04. The van der Waals surface area contributed by atoms with Crippen LogP contribution in [-0.2, 0) is 54.8 Å². The Morgan fingerprint density at radius 1 is 0.412 bits per heavy atom. The fourth-order valence-corrected chi connectivity index (χ4v) is 15.9. The van der Waals surface area contributed by atoms with E-state index in [0.717, 1.165) is 19.3 Å². The molecule has 0 radical (unpaired) electrons. The van der Waals surface area contributed by atoms with Crippen molar-refractivity contribution in [3.05, 3.63) is 212 Å². The highest BCUT2D eigenvalue weighted by Gasteiger charge is 2.46. The van der Waals surface area contributed by atoms with Crippen molar-refractivity contribution in [2.24, 2.45) is 0 Å². The van der Waals surface area contributed by atoms with Gasteiger partial charge in [-0.3, -0.25) is 0 Å². The summed E-state index contributed by atoms with van der Waals surface area (Å²) in [6.07, 6.45) is 37.8. The Labute approximate surface area is 487 Å². The predicted molar refractivity (Wildman–Crippen MR) is 347 cm³/mol. The zero-order valence-corrected chi connectivity index (χ0v) is 51.3. The van der Waals surface area contributed by atoms with Crippen LogP contribution in [0.15, 0.2) is 135 Å². The van der Waals surface area contributed by atoms with E-state index < -0.39 is 0 Å². The van der Waals surface area contributed by atoms with Crippen LogP contribution in [0.3, 0.4) is 0 Å². The summed E-state index contributed by atoms with van der Waals surface area (Å²) in [6.45, 7) is 25.3. The van der Waals surface area contributed by atoms with Gasteiger partial charge in [-0.15, -0.1) is 13.2 Å². The summed E-state index contributed by atoms with van der Waals surface area (Å²) in [5.41, 5.74) is 27.9. The fraction of sp³-hybridized carbons (Fsp3) is 0.500. The van der Waals surface area contributed by atoms with E-state index in [0.29, 0.717) is 17.8 Å². The molecule has 1 unspecified atom stereocenters. The minimum absolute atomic E-state index is 0.00444. The van der Waals surface area contributed by atoms with Gasteiger partial charge in [0.2, 0.25) is 0 Å². The lowest BCUT2D eigenvalue weighted by molar-refractivity contribution is 0.386. The van der Waals surface area contributed by atoms with E-state index in [1.165, 1.54) is 199 Å². The summed E-state index contributed by atoms with van der Waals surface area (Å²) < 4.78 is 0. The number of allylic oxidation sites excluding steroid dienone is 2. The zero-order chi connectivity index (χ0) is 55.9. The second-order valence-corrected chi connectivity index (χ2v) is 27.1. The molecule has 80 heavy (non-hydrogen) atoms. The zero-order valence-electron chi connectivity index (χ0n) is 51.3. The fourth-order valence-electron chi connectivity index (χ4n) is 15.9.